The fraction of sp³-hybridized carbons (Fsp3) is 0. The molecule has 2 aromatic rings. The van der Waals surface area contributed by atoms with E-state index in [9.17, 15) is 4.79 Å². The summed E-state index contributed by atoms with van der Waals surface area (Å²) in [6.07, 6.45) is 6.52. The molecule has 0 unspecified atom stereocenters. The zero-order valence-corrected chi connectivity index (χ0v) is 12.1. The van der Waals surface area contributed by atoms with Crippen molar-refractivity contribution in [3.63, 3.8) is 0 Å². The summed E-state index contributed by atoms with van der Waals surface area (Å²) < 4.78 is 6.19. The molecule has 0 bridgehead atoms. The van der Waals surface area contributed by atoms with Gasteiger partial charge in [0, 0.05) is 15.3 Å². The predicted molar refractivity (Wildman–Crippen MR) is 82.9 cm³/mol. The molecule has 0 fully saturated rings. The molecule has 1 N–H and O–H groups in total. The van der Waals surface area contributed by atoms with E-state index in [0.29, 0.717) is 5.56 Å². The van der Waals surface area contributed by atoms with E-state index in [1.54, 1.807) is 36.6 Å². The zero-order chi connectivity index (χ0) is 13.5. The van der Waals surface area contributed by atoms with Crippen LogP contribution in [-0.4, -0.2) is 12.1 Å². The van der Waals surface area contributed by atoms with Crippen LogP contribution >= 0.6 is 22.6 Å². The minimum absolute atomic E-state index is 0.237. The second-order valence-electron chi connectivity index (χ2n) is 3.60. The number of amides is 1. The van der Waals surface area contributed by atoms with Crippen molar-refractivity contribution < 1.29 is 9.21 Å². The van der Waals surface area contributed by atoms with Crippen LogP contribution in [-0.2, 0) is 0 Å². The molecular weight excluding hydrogens is 355 g/mol. The molecule has 1 amide bonds. The van der Waals surface area contributed by atoms with E-state index in [4.69, 9.17) is 4.42 Å². The Bertz CT molecular complexity index is 586. The summed E-state index contributed by atoms with van der Waals surface area (Å²) in [4.78, 5) is 11.7. The van der Waals surface area contributed by atoms with Gasteiger partial charge >= 0.3 is 0 Å². The van der Waals surface area contributed by atoms with Crippen molar-refractivity contribution in [2.24, 2.45) is 5.10 Å². The van der Waals surface area contributed by atoms with Gasteiger partial charge in [-0.3, -0.25) is 4.79 Å². The lowest BCUT2D eigenvalue weighted by atomic mass is 10.2. The first kappa shape index (κ1) is 13.5. The topological polar surface area (TPSA) is 54.6 Å². The number of nitrogens with zero attached hydrogens (tertiary/aromatic N) is 1. The standard InChI is InChI=1S/C14H11IN2O2/c15-12-7-5-11(6-8-12)14(18)17-16-9-1-3-13-4-2-10-19-13/h1-10H,(H,17,18)/b3-1+,16-9-. The van der Waals surface area contributed by atoms with Crippen molar-refractivity contribution in [3.8, 4) is 0 Å². The first-order valence-corrected chi connectivity index (χ1v) is 6.63. The molecule has 5 heteroatoms. The van der Waals surface area contributed by atoms with Gasteiger partial charge in [0.05, 0.1) is 6.26 Å². The molecule has 1 aromatic carbocycles. The van der Waals surface area contributed by atoms with Crippen LogP contribution in [0.3, 0.4) is 0 Å². The molecule has 96 valence electrons. The van der Waals surface area contributed by atoms with E-state index in [1.807, 2.05) is 18.2 Å². The van der Waals surface area contributed by atoms with Crippen LogP contribution in [0.2, 0.25) is 0 Å². The van der Waals surface area contributed by atoms with Gasteiger partial charge in [-0.2, -0.15) is 5.10 Å². The number of furan rings is 1. The van der Waals surface area contributed by atoms with Gasteiger partial charge in [-0.15, -0.1) is 0 Å². The third kappa shape index (κ3) is 4.36. The van der Waals surface area contributed by atoms with Gasteiger partial charge in [0.25, 0.3) is 5.91 Å². The van der Waals surface area contributed by atoms with Crippen LogP contribution in [0.15, 0.2) is 58.3 Å². The highest BCUT2D eigenvalue weighted by Gasteiger charge is 2.02. The van der Waals surface area contributed by atoms with E-state index >= 15 is 0 Å². The third-order valence-electron chi connectivity index (χ3n) is 2.24. The molecule has 2 rings (SSSR count). The van der Waals surface area contributed by atoms with E-state index in [2.05, 4.69) is 33.1 Å². The van der Waals surface area contributed by atoms with E-state index in [0.717, 1.165) is 9.33 Å². The maximum absolute atomic E-state index is 11.7. The predicted octanol–water partition coefficient (Wildman–Crippen LogP) is 3.31. The van der Waals surface area contributed by atoms with Crippen molar-refractivity contribution in [2.45, 2.75) is 0 Å². The smallest absolute Gasteiger partial charge is 0.271 e. The van der Waals surface area contributed by atoms with Gasteiger partial charge in [-0.1, -0.05) is 0 Å². The number of hydrogen-bond donors (Lipinski definition) is 1. The number of carbonyl (C=O) groups excluding carboxylic acids is 1. The Hall–Kier alpha value is -1.89. The zero-order valence-electron chi connectivity index (χ0n) is 9.92. The number of nitrogens with one attached hydrogen (secondary N) is 1. The van der Waals surface area contributed by atoms with Gasteiger partial charge < -0.3 is 4.42 Å². The molecule has 1 heterocycles. The third-order valence-corrected chi connectivity index (χ3v) is 2.96. The summed E-state index contributed by atoms with van der Waals surface area (Å²) in [7, 11) is 0. The fourth-order valence-corrected chi connectivity index (χ4v) is 1.69. The van der Waals surface area contributed by atoms with E-state index in [1.165, 1.54) is 6.21 Å². The summed E-state index contributed by atoms with van der Waals surface area (Å²) >= 11 is 2.19. The first-order chi connectivity index (χ1) is 9.25. The van der Waals surface area contributed by atoms with Crippen molar-refractivity contribution in [1.82, 2.24) is 5.43 Å². The molecule has 4 nitrogen and oxygen atoms in total. The van der Waals surface area contributed by atoms with Crippen molar-refractivity contribution in [3.05, 3.63) is 63.6 Å². The molecule has 0 saturated carbocycles. The number of hydrazone groups is 1. The van der Waals surface area contributed by atoms with Gasteiger partial charge in [-0.25, -0.2) is 5.43 Å². The lowest BCUT2D eigenvalue weighted by Crippen LogP contribution is -2.17. The highest BCUT2D eigenvalue weighted by molar-refractivity contribution is 14.1. The first-order valence-electron chi connectivity index (χ1n) is 5.55. The number of rotatable bonds is 4. The summed E-state index contributed by atoms with van der Waals surface area (Å²) in [6.45, 7) is 0. The number of hydrogen-bond acceptors (Lipinski definition) is 3. The molecule has 0 saturated heterocycles. The van der Waals surface area contributed by atoms with Gasteiger partial charge in [0.1, 0.15) is 5.76 Å². The van der Waals surface area contributed by atoms with Crippen LogP contribution < -0.4 is 5.43 Å². The summed E-state index contributed by atoms with van der Waals surface area (Å²) in [6, 6.07) is 10.9. The highest BCUT2D eigenvalue weighted by Crippen LogP contribution is 2.06. The molecule has 0 atom stereocenters. The van der Waals surface area contributed by atoms with Crippen LogP contribution in [0.4, 0.5) is 0 Å². The van der Waals surface area contributed by atoms with Gasteiger partial charge in [0.2, 0.25) is 0 Å². The van der Waals surface area contributed by atoms with Gasteiger partial charge in [0.15, 0.2) is 0 Å². The van der Waals surface area contributed by atoms with E-state index in [-0.39, 0.29) is 5.91 Å². The molecule has 0 spiro atoms. The Kier molecular flexibility index (Phi) is 4.91. The Labute approximate surface area is 124 Å². The van der Waals surface area contributed by atoms with Crippen LogP contribution in [0.25, 0.3) is 6.08 Å². The quantitative estimate of drug-likeness (QED) is 0.513. The average molecular weight is 366 g/mol. The molecule has 0 radical (unpaired) electrons. The lowest BCUT2D eigenvalue weighted by molar-refractivity contribution is 0.0955. The molecule has 19 heavy (non-hydrogen) atoms. The fourth-order valence-electron chi connectivity index (χ4n) is 1.33. The van der Waals surface area contributed by atoms with Crippen molar-refractivity contribution >= 4 is 40.8 Å². The SMILES string of the molecule is O=C(N/N=C\C=C\c1ccco1)c1ccc(I)cc1. The van der Waals surface area contributed by atoms with Crippen molar-refractivity contribution in [1.29, 1.82) is 0 Å². The normalized spacial score (nSPS) is 11.2. The Morgan fingerprint density at radius 1 is 1.26 bits per heavy atom. The molecule has 0 aliphatic rings. The largest absolute Gasteiger partial charge is 0.465 e. The summed E-state index contributed by atoms with van der Waals surface area (Å²) in [5, 5.41) is 3.81. The second kappa shape index (κ2) is 6.89. The number of benzene rings is 1. The molecule has 0 aliphatic heterocycles. The van der Waals surface area contributed by atoms with Crippen LogP contribution in [0.5, 0.6) is 0 Å². The average Bonchev–Trinajstić information content (AvgIpc) is 2.92. The van der Waals surface area contributed by atoms with E-state index < -0.39 is 0 Å². The van der Waals surface area contributed by atoms with Gasteiger partial charge in [-0.05, 0) is 71.1 Å². The maximum atomic E-state index is 11.7. The Balaban J connectivity index is 1.85. The van der Waals surface area contributed by atoms with Crippen LogP contribution in [0.1, 0.15) is 16.1 Å². The maximum Gasteiger partial charge on any atom is 0.271 e. The molecule has 0 aliphatic carbocycles. The summed E-state index contributed by atoms with van der Waals surface area (Å²) in [5.74, 6) is 0.495. The number of carbonyl (C=O) groups is 1. The van der Waals surface area contributed by atoms with Crippen LogP contribution in [0, 0.1) is 3.57 Å². The monoisotopic (exact) mass is 366 g/mol. The highest BCUT2D eigenvalue weighted by atomic mass is 127. The number of allylic oxidation sites excluding steroid dienone is 1. The molecular formula is C14H11IN2O2. The minimum atomic E-state index is -0.237. The lowest BCUT2D eigenvalue weighted by Gasteiger charge is -1.98. The Morgan fingerprint density at radius 3 is 2.74 bits per heavy atom. The summed E-state index contributed by atoms with van der Waals surface area (Å²) in [5.41, 5.74) is 3.02. The minimum Gasteiger partial charge on any atom is -0.465 e. The van der Waals surface area contributed by atoms with Crippen molar-refractivity contribution in [2.75, 3.05) is 0 Å². The molecule has 1 aromatic heterocycles. The Morgan fingerprint density at radius 2 is 2.05 bits per heavy atom. The second-order valence-corrected chi connectivity index (χ2v) is 4.85. The number of halogens is 1.